The molecule has 0 aliphatic heterocycles. The molecule has 0 saturated carbocycles. The van der Waals surface area contributed by atoms with E-state index >= 15 is 0 Å². The molecule has 1 heteroatoms. The van der Waals surface area contributed by atoms with E-state index in [9.17, 15) is 0 Å². The lowest BCUT2D eigenvalue weighted by Crippen LogP contribution is -2.70. The molecule has 1 aliphatic carbocycles. The first-order valence-electron chi connectivity index (χ1n) is 15.1. The summed E-state index contributed by atoms with van der Waals surface area (Å²) in [6.07, 6.45) is 11.4. The molecule has 0 saturated heterocycles. The fourth-order valence-electron chi connectivity index (χ4n) is 6.46. The first kappa shape index (κ1) is 28.4. The topological polar surface area (TPSA) is 0 Å². The van der Waals surface area contributed by atoms with E-state index in [1.165, 1.54) is 39.0 Å². The zero-order valence-electron chi connectivity index (χ0n) is 25.2. The molecule has 3 aromatic rings. The van der Waals surface area contributed by atoms with Crippen molar-refractivity contribution >= 4 is 23.6 Å². The number of allylic oxidation sites excluding steroid dienone is 4. The maximum absolute atomic E-state index is 2.59. The summed E-state index contributed by atoms with van der Waals surface area (Å²) in [6, 6.07) is 22.9. The maximum atomic E-state index is 2.59. The zero-order valence-corrected chi connectivity index (χ0v) is 26.2. The molecular weight excluding hydrogens is 472 g/mol. The summed E-state index contributed by atoms with van der Waals surface area (Å²) in [6.45, 7) is 18.6. The van der Waals surface area contributed by atoms with E-state index in [1.54, 1.807) is 21.1 Å². The molecule has 1 atom stereocenters. The third-order valence-electron chi connectivity index (χ3n) is 9.07. The Morgan fingerprint density at radius 1 is 0.474 bits per heavy atom. The van der Waals surface area contributed by atoms with Crippen molar-refractivity contribution in [2.45, 2.75) is 99.5 Å². The van der Waals surface area contributed by atoms with Gasteiger partial charge in [0.15, 0.2) is 8.07 Å². The van der Waals surface area contributed by atoms with E-state index < -0.39 is 8.07 Å². The maximum Gasteiger partial charge on any atom is 0.159 e. The van der Waals surface area contributed by atoms with Gasteiger partial charge in [-0.25, -0.2) is 0 Å². The van der Waals surface area contributed by atoms with Crippen LogP contribution in [0.4, 0.5) is 0 Å². The number of hydrogen-bond donors (Lipinski definition) is 0. The Hall–Kier alpha value is -2.64. The second-order valence-electron chi connectivity index (χ2n) is 11.2. The van der Waals surface area contributed by atoms with Gasteiger partial charge in [0.05, 0.1) is 0 Å². The van der Waals surface area contributed by atoms with Gasteiger partial charge in [-0.1, -0.05) is 119 Å². The van der Waals surface area contributed by atoms with E-state index in [-0.39, 0.29) is 0 Å². The minimum Gasteiger partial charge on any atom is -0.0788 e. The van der Waals surface area contributed by atoms with E-state index in [0.29, 0.717) is 5.54 Å². The van der Waals surface area contributed by atoms with Gasteiger partial charge in [0.1, 0.15) is 0 Å². The first-order chi connectivity index (χ1) is 18.3. The Bertz CT molecular complexity index is 1150. The molecule has 0 heterocycles. The molecule has 0 amide bonds. The van der Waals surface area contributed by atoms with Crippen LogP contribution >= 0.6 is 0 Å². The van der Waals surface area contributed by atoms with E-state index in [2.05, 4.69) is 122 Å². The van der Waals surface area contributed by atoms with Crippen LogP contribution in [0.1, 0.15) is 88.8 Å². The highest BCUT2D eigenvalue weighted by Crippen LogP contribution is 2.38. The van der Waals surface area contributed by atoms with Gasteiger partial charge in [-0.3, -0.25) is 0 Å². The largest absolute Gasteiger partial charge is 0.159 e. The average molecular weight is 521 g/mol. The summed E-state index contributed by atoms with van der Waals surface area (Å²) in [4.78, 5) is 0. The highest BCUT2D eigenvalue weighted by Gasteiger charge is 2.48. The van der Waals surface area contributed by atoms with E-state index in [1.807, 2.05) is 0 Å². The third-order valence-corrected chi connectivity index (χ3v) is 14.2. The molecule has 0 bridgehead atoms. The van der Waals surface area contributed by atoms with Gasteiger partial charge in [-0.2, -0.15) is 0 Å². The van der Waals surface area contributed by atoms with Crippen LogP contribution in [0.25, 0.3) is 0 Å². The molecule has 0 fully saturated rings. The summed E-state index contributed by atoms with van der Waals surface area (Å²) in [7, 11) is -2.53. The smallest absolute Gasteiger partial charge is 0.0788 e. The van der Waals surface area contributed by atoms with Crippen LogP contribution in [0.15, 0.2) is 77.9 Å². The molecule has 0 N–H and O–H groups in total. The Labute approximate surface area is 233 Å². The minimum absolute atomic E-state index is 0.410. The lowest BCUT2D eigenvalue weighted by molar-refractivity contribution is 1.08. The van der Waals surface area contributed by atoms with Crippen LogP contribution in [0.5, 0.6) is 0 Å². The van der Waals surface area contributed by atoms with Crippen molar-refractivity contribution in [3.8, 4) is 0 Å². The standard InChI is InChI=1S/C37H48Si/c1-9-28-17-29(10-2)21-34(20-28)38(37-16-15-26(7)27(37)8,35-22-30(11-3)18-31(12-4)23-35)36-24-32(13-5)19-33(14-6)25-36/h15-25,37H,9-14H2,1-8H3. The quantitative estimate of drug-likeness (QED) is 0.189. The fourth-order valence-corrected chi connectivity index (χ4v) is 12.3. The Balaban J connectivity index is 2.25. The Morgan fingerprint density at radius 3 is 0.974 bits per heavy atom. The molecular formula is C37H48Si. The monoisotopic (exact) mass is 520 g/mol. The number of benzene rings is 3. The first-order valence-corrected chi connectivity index (χ1v) is 17.2. The fraction of sp³-hybridized carbons (Fsp3) is 0.405. The van der Waals surface area contributed by atoms with Crippen molar-refractivity contribution in [3.63, 3.8) is 0 Å². The summed E-state index contributed by atoms with van der Waals surface area (Å²) in [5, 5.41) is 4.76. The third kappa shape index (κ3) is 5.15. The van der Waals surface area contributed by atoms with Crippen LogP contribution in [-0.4, -0.2) is 8.07 Å². The molecule has 0 spiro atoms. The van der Waals surface area contributed by atoms with Crippen LogP contribution in [-0.2, 0) is 38.5 Å². The Kier molecular flexibility index (Phi) is 8.99. The minimum atomic E-state index is -2.53. The van der Waals surface area contributed by atoms with Gasteiger partial charge in [-0.15, -0.1) is 0 Å². The lowest BCUT2D eigenvalue weighted by Gasteiger charge is -2.41. The highest BCUT2D eigenvalue weighted by atomic mass is 28.3. The van der Waals surface area contributed by atoms with Gasteiger partial charge < -0.3 is 0 Å². The molecule has 200 valence electrons. The van der Waals surface area contributed by atoms with Crippen molar-refractivity contribution < 1.29 is 0 Å². The van der Waals surface area contributed by atoms with Crippen molar-refractivity contribution in [1.29, 1.82) is 0 Å². The number of hydrogen-bond acceptors (Lipinski definition) is 0. The normalized spacial score (nSPS) is 15.5. The van der Waals surface area contributed by atoms with Gasteiger partial charge in [-0.05, 0) is 101 Å². The molecule has 38 heavy (non-hydrogen) atoms. The number of rotatable bonds is 10. The number of aryl methyl sites for hydroxylation is 6. The molecule has 1 aliphatic rings. The average Bonchev–Trinajstić information content (AvgIpc) is 3.30. The molecule has 0 nitrogen and oxygen atoms in total. The molecule has 1 unspecified atom stereocenters. The van der Waals surface area contributed by atoms with Crippen molar-refractivity contribution in [2.75, 3.05) is 0 Å². The highest BCUT2D eigenvalue weighted by molar-refractivity contribution is 7.13. The van der Waals surface area contributed by atoms with Gasteiger partial charge in [0, 0.05) is 5.54 Å². The summed E-state index contributed by atoms with van der Waals surface area (Å²) >= 11 is 0. The molecule has 0 radical (unpaired) electrons. The van der Waals surface area contributed by atoms with Crippen LogP contribution in [0, 0.1) is 0 Å². The van der Waals surface area contributed by atoms with Gasteiger partial charge in [0.25, 0.3) is 0 Å². The van der Waals surface area contributed by atoms with Crippen LogP contribution in [0.3, 0.4) is 0 Å². The van der Waals surface area contributed by atoms with Gasteiger partial charge >= 0.3 is 0 Å². The predicted molar refractivity (Wildman–Crippen MR) is 172 cm³/mol. The van der Waals surface area contributed by atoms with Gasteiger partial charge in [0.2, 0.25) is 0 Å². The Morgan fingerprint density at radius 2 is 0.763 bits per heavy atom. The predicted octanol–water partition coefficient (Wildman–Crippen LogP) is 7.81. The SMILES string of the molecule is CCc1cc(CC)cc([Si](c2cc(CC)cc(CC)c2)(c2cc(CC)cc(CC)c2)C2C=CC(C)=C2C)c1. The lowest BCUT2D eigenvalue weighted by atomic mass is 10.1. The summed E-state index contributed by atoms with van der Waals surface area (Å²) in [5.41, 5.74) is 12.2. The molecule has 0 aromatic heterocycles. The van der Waals surface area contributed by atoms with Crippen molar-refractivity contribution in [1.82, 2.24) is 0 Å². The van der Waals surface area contributed by atoms with Crippen LogP contribution in [0.2, 0.25) is 5.54 Å². The van der Waals surface area contributed by atoms with Crippen molar-refractivity contribution in [2.24, 2.45) is 0 Å². The van der Waals surface area contributed by atoms with E-state index in [0.717, 1.165) is 38.5 Å². The second-order valence-corrected chi connectivity index (χ2v) is 15.2. The summed E-state index contributed by atoms with van der Waals surface area (Å²) < 4.78 is 0. The van der Waals surface area contributed by atoms with Crippen LogP contribution < -0.4 is 15.6 Å². The second kappa shape index (κ2) is 12.0. The molecule has 4 rings (SSSR count). The van der Waals surface area contributed by atoms with E-state index in [4.69, 9.17) is 0 Å². The van der Waals surface area contributed by atoms with Crippen molar-refractivity contribution in [3.05, 3.63) is 111 Å². The zero-order chi connectivity index (χ0) is 27.4. The molecule has 3 aromatic carbocycles. The summed E-state index contributed by atoms with van der Waals surface area (Å²) in [5.74, 6) is 0.